The van der Waals surface area contributed by atoms with Crippen LogP contribution in [0.2, 0.25) is 0 Å². The second kappa shape index (κ2) is 9.78. The number of hydrogen-bond donors (Lipinski definition) is 1. The molecule has 1 N–H and O–H groups in total. The molecule has 0 bridgehead atoms. The van der Waals surface area contributed by atoms with Gasteiger partial charge in [0.15, 0.2) is 0 Å². The van der Waals surface area contributed by atoms with Gasteiger partial charge in [0.1, 0.15) is 13.2 Å². The highest BCUT2D eigenvalue weighted by atomic mass is 16.6. The normalized spacial score (nSPS) is 10.8. The lowest BCUT2D eigenvalue weighted by Crippen LogP contribution is -2.41. The monoisotopic (exact) mass is 333 g/mol. The van der Waals surface area contributed by atoms with Crippen molar-refractivity contribution >= 4 is 11.7 Å². The van der Waals surface area contributed by atoms with Gasteiger partial charge in [-0.05, 0) is 38.0 Å². The summed E-state index contributed by atoms with van der Waals surface area (Å²) in [4.78, 5) is 11.9. The van der Waals surface area contributed by atoms with Crippen LogP contribution in [0.25, 0.3) is 5.57 Å². The molecule has 0 heterocycles. The lowest BCUT2D eigenvalue weighted by atomic mass is 9.92. The van der Waals surface area contributed by atoms with E-state index in [0.717, 1.165) is 16.7 Å². The Labute approximate surface area is 144 Å². The molecule has 0 aliphatic rings. The number of benzene rings is 1. The molecule has 5 nitrogen and oxygen atoms in total. The summed E-state index contributed by atoms with van der Waals surface area (Å²) in [5, 5.41) is 2.87. The first-order chi connectivity index (χ1) is 11.4. The summed E-state index contributed by atoms with van der Waals surface area (Å²) < 4.78 is 15.3. The average molecular weight is 333 g/mol. The molecule has 5 heteroatoms. The van der Waals surface area contributed by atoms with Gasteiger partial charge in [-0.2, -0.15) is 0 Å². The summed E-state index contributed by atoms with van der Waals surface area (Å²) in [6.07, 6.45) is 0.879. The molecule has 0 fully saturated rings. The van der Waals surface area contributed by atoms with E-state index in [1.807, 2.05) is 45.0 Å². The standard InChI is InChI=1S/C19H27NO4/c1-6-22-10-11-23-12-13-24-18(21)20-19(4,5)17-9-7-8-16(14-17)15(2)3/h6-9,14H,1-2,10-13H2,3-5H3,(H,20,21). The van der Waals surface area contributed by atoms with Crippen molar-refractivity contribution in [1.82, 2.24) is 5.32 Å². The zero-order valence-electron chi connectivity index (χ0n) is 14.8. The number of carbonyl (C=O) groups excluding carboxylic acids is 1. The van der Waals surface area contributed by atoms with Crippen LogP contribution in [-0.4, -0.2) is 32.5 Å². The van der Waals surface area contributed by atoms with E-state index < -0.39 is 11.6 Å². The quantitative estimate of drug-likeness (QED) is 0.522. The van der Waals surface area contributed by atoms with Crippen molar-refractivity contribution in [3.8, 4) is 0 Å². The Kier molecular flexibility index (Phi) is 8.06. The van der Waals surface area contributed by atoms with E-state index in [1.54, 1.807) is 0 Å². The van der Waals surface area contributed by atoms with Crippen molar-refractivity contribution in [2.24, 2.45) is 0 Å². The number of nitrogens with one attached hydrogen (secondary N) is 1. The number of alkyl carbamates (subject to hydrolysis) is 1. The summed E-state index contributed by atoms with van der Waals surface area (Å²) in [5.74, 6) is 0. The Balaban J connectivity index is 2.43. The Hall–Kier alpha value is -2.27. The van der Waals surface area contributed by atoms with E-state index in [2.05, 4.69) is 18.5 Å². The maximum Gasteiger partial charge on any atom is 0.407 e. The average Bonchev–Trinajstić information content (AvgIpc) is 2.53. The molecule has 1 aromatic carbocycles. The van der Waals surface area contributed by atoms with Gasteiger partial charge in [0.25, 0.3) is 0 Å². The van der Waals surface area contributed by atoms with Gasteiger partial charge >= 0.3 is 6.09 Å². The summed E-state index contributed by atoms with van der Waals surface area (Å²) in [6.45, 7) is 14.5. The van der Waals surface area contributed by atoms with E-state index in [4.69, 9.17) is 14.2 Å². The Morgan fingerprint density at radius 2 is 1.96 bits per heavy atom. The predicted octanol–water partition coefficient (Wildman–Crippen LogP) is 3.86. The zero-order chi connectivity index (χ0) is 18.0. The fourth-order valence-corrected chi connectivity index (χ4v) is 2.02. The first-order valence-corrected chi connectivity index (χ1v) is 7.88. The number of hydrogen-bond acceptors (Lipinski definition) is 4. The number of allylic oxidation sites excluding steroid dienone is 1. The van der Waals surface area contributed by atoms with Crippen molar-refractivity contribution in [2.45, 2.75) is 26.3 Å². The van der Waals surface area contributed by atoms with E-state index in [-0.39, 0.29) is 6.61 Å². The SMILES string of the molecule is C=COCCOCCOC(=O)NC(C)(C)c1cccc(C(=C)C)c1. The number of carbonyl (C=O) groups is 1. The summed E-state index contributed by atoms with van der Waals surface area (Å²) >= 11 is 0. The van der Waals surface area contributed by atoms with Crippen molar-refractivity contribution in [2.75, 3.05) is 26.4 Å². The molecule has 0 radical (unpaired) electrons. The molecule has 0 spiro atoms. The molecule has 1 aromatic rings. The van der Waals surface area contributed by atoms with Gasteiger partial charge in [-0.25, -0.2) is 4.79 Å². The molecule has 0 saturated heterocycles. The molecule has 132 valence electrons. The number of amides is 1. The molecule has 1 rings (SSSR count). The minimum absolute atomic E-state index is 0.182. The predicted molar refractivity (Wildman–Crippen MR) is 95.6 cm³/mol. The molecular weight excluding hydrogens is 306 g/mol. The van der Waals surface area contributed by atoms with Gasteiger partial charge in [0.05, 0.1) is 25.0 Å². The van der Waals surface area contributed by atoms with Crippen molar-refractivity contribution in [1.29, 1.82) is 0 Å². The van der Waals surface area contributed by atoms with Gasteiger partial charge in [-0.15, -0.1) is 0 Å². The second-order valence-electron chi connectivity index (χ2n) is 5.90. The zero-order valence-corrected chi connectivity index (χ0v) is 14.8. The fraction of sp³-hybridized carbons (Fsp3) is 0.421. The largest absolute Gasteiger partial charge is 0.499 e. The van der Waals surface area contributed by atoms with Crippen LogP contribution in [-0.2, 0) is 19.7 Å². The maximum absolute atomic E-state index is 11.9. The number of rotatable bonds is 10. The van der Waals surface area contributed by atoms with Crippen LogP contribution >= 0.6 is 0 Å². The van der Waals surface area contributed by atoms with E-state index >= 15 is 0 Å². The third-order valence-electron chi connectivity index (χ3n) is 3.42. The van der Waals surface area contributed by atoms with Crippen LogP contribution in [0.15, 0.2) is 43.7 Å². The van der Waals surface area contributed by atoms with E-state index in [1.165, 1.54) is 6.26 Å². The van der Waals surface area contributed by atoms with Crippen LogP contribution < -0.4 is 5.32 Å². The Morgan fingerprint density at radius 1 is 1.25 bits per heavy atom. The summed E-state index contributed by atoms with van der Waals surface area (Å²) in [6, 6.07) is 7.93. The van der Waals surface area contributed by atoms with Gasteiger partial charge in [-0.3, -0.25) is 0 Å². The minimum atomic E-state index is -0.554. The summed E-state index contributed by atoms with van der Waals surface area (Å²) in [5.41, 5.74) is 2.46. The van der Waals surface area contributed by atoms with E-state index in [0.29, 0.717) is 19.8 Å². The lowest BCUT2D eigenvalue weighted by molar-refractivity contribution is 0.0482. The molecule has 0 aliphatic carbocycles. The van der Waals surface area contributed by atoms with Crippen LogP contribution in [0, 0.1) is 0 Å². The van der Waals surface area contributed by atoms with E-state index in [9.17, 15) is 4.79 Å². The molecular formula is C19H27NO4. The van der Waals surface area contributed by atoms with Crippen LogP contribution in [0.1, 0.15) is 31.9 Å². The van der Waals surface area contributed by atoms with Crippen LogP contribution in [0.4, 0.5) is 4.79 Å². The highest BCUT2D eigenvalue weighted by Crippen LogP contribution is 2.23. The fourth-order valence-electron chi connectivity index (χ4n) is 2.02. The molecule has 0 unspecified atom stereocenters. The molecule has 1 amide bonds. The lowest BCUT2D eigenvalue weighted by Gasteiger charge is -2.27. The molecule has 0 aromatic heterocycles. The highest BCUT2D eigenvalue weighted by molar-refractivity contribution is 5.69. The van der Waals surface area contributed by atoms with Gasteiger partial charge < -0.3 is 19.5 Å². The number of ether oxygens (including phenoxy) is 3. The minimum Gasteiger partial charge on any atom is -0.499 e. The maximum atomic E-state index is 11.9. The van der Waals surface area contributed by atoms with Gasteiger partial charge in [0.2, 0.25) is 0 Å². The Bertz CT molecular complexity index is 566. The van der Waals surface area contributed by atoms with Crippen LogP contribution in [0.5, 0.6) is 0 Å². The van der Waals surface area contributed by atoms with Crippen molar-refractivity contribution in [3.05, 3.63) is 54.8 Å². The van der Waals surface area contributed by atoms with Crippen LogP contribution in [0.3, 0.4) is 0 Å². The molecule has 0 aliphatic heterocycles. The molecule has 0 atom stereocenters. The Morgan fingerprint density at radius 3 is 2.62 bits per heavy atom. The second-order valence-corrected chi connectivity index (χ2v) is 5.90. The van der Waals surface area contributed by atoms with Crippen molar-refractivity contribution < 1.29 is 19.0 Å². The van der Waals surface area contributed by atoms with Gasteiger partial charge in [0, 0.05) is 0 Å². The highest BCUT2D eigenvalue weighted by Gasteiger charge is 2.23. The molecule has 24 heavy (non-hydrogen) atoms. The smallest absolute Gasteiger partial charge is 0.407 e. The first-order valence-electron chi connectivity index (χ1n) is 7.88. The molecule has 0 saturated carbocycles. The van der Waals surface area contributed by atoms with Crippen molar-refractivity contribution in [3.63, 3.8) is 0 Å². The third kappa shape index (κ3) is 6.87. The van der Waals surface area contributed by atoms with Gasteiger partial charge in [-0.1, -0.05) is 36.9 Å². The third-order valence-corrected chi connectivity index (χ3v) is 3.42. The summed E-state index contributed by atoms with van der Waals surface area (Å²) in [7, 11) is 0. The topological polar surface area (TPSA) is 56.8 Å². The first kappa shape index (κ1) is 19.8.